The van der Waals surface area contributed by atoms with Gasteiger partial charge in [0.1, 0.15) is 0 Å². The zero-order valence-corrected chi connectivity index (χ0v) is 9.10. The summed E-state index contributed by atoms with van der Waals surface area (Å²) in [4.78, 5) is 0. The van der Waals surface area contributed by atoms with Crippen molar-refractivity contribution in [2.45, 2.75) is 27.7 Å². The molecule has 0 fully saturated rings. The third kappa shape index (κ3) is 5.69. The van der Waals surface area contributed by atoms with Crippen LogP contribution >= 0.6 is 0 Å². The first kappa shape index (κ1) is 12.1. The van der Waals surface area contributed by atoms with Gasteiger partial charge in [-0.15, -0.1) is 0 Å². The molecular formula is C8H19NO2S. The Bertz CT molecular complexity index is 138. The molecule has 0 aromatic rings. The summed E-state index contributed by atoms with van der Waals surface area (Å²) in [5.41, 5.74) is 0. The summed E-state index contributed by atoms with van der Waals surface area (Å²) >= 11 is -1.81. The van der Waals surface area contributed by atoms with Crippen LogP contribution in [0.25, 0.3) is 0 Å². The van der Waals surface area contributed by atoms with E-state index in [1.807, 2.05) is 27.7 Å². The molecule has 0 aliphatic carbocycles. The molecule has 0 heterocycles. The van der Waals surface area contributed by atoms with Crippen molar-refractivity contribution in [3.05, 3.63) is 0 Å². The molecular weight excluding hydrogens is 174 g/mol. The normalized spacial score (nSPS) is 14.7. The van der Waals surface area contributed by atoms with Crippen LogP contribution in [-0.2, 0) is 11.3 Å². The van der Waals surface area contributed by atoms with Gasteiger partial charge in [-0.05, 0) is 11.8 Å². The van der Waals surface area contributed by atoms with Crippen LogP contribution in [0.3, 0.4) is 0 Å². The van der Waals surface area contributed by atoms with Crippen molar-refractivity contribution in [1.82, 2.24) is 4.31 Å². The summed E-state index contributed by atoms with van der Waals surface area (Å²) < 4.78 is 21.3. The minimum Gasteiger partial charge on any atom is -0.294 e. The van der Waals surface area contributed by atoms with Gasteiger partial charge in [0.05, 0.1) is 0 Å². The molecule has 1 N–H and O–H groups in total. The van der Waals surface area contributed by atoms with Crippen LogP contribution < -0.4 is 0 Å². The van der Waals surface area contributed by atoms with Gasteiger partial charge >= 0.3 is 0 Å². The highest BCUT2D eigenvalue weighted by atomic mass is 32.2. The Balaban J connectivity index is 3.96. The molecule has 3 nitrogen and oxygen atoms in total. The van der Waals surface area contributed by atoms with Crippen molar-refractivity contribution < 1.29 is 8.76 Å². The van der Waals surface area contributed by atoms with Gasteiger partial charge in [0.15, 0.2) is 0 Å². The Morgan fingerprint density at radius 2 is 1.50 bits per heavy atom. The molecule has 4 heteroatoms. The average molecular weight is 193 g/mol. The number of nitrogens with zero attached hydrogens (tertiary/aromatic N) is 1. The van der Waals surface area contributed by atoms with Crippen molar-refractivity contribution in [1.29, 1.82) is 0 Å². The minimum atomic E-state index is -1.81. The monoisotopic (exact) mass is 193 g/mol. The van der Waals surface area contributed by atoms with Gasteiger partial charge in [-0.2, -0.15) is 0 Å². The van der Waals surface area contributed by atoms with E-state index in [1.54, 1.807) is 4.31 Å². The second-order valence-corrected chi connectivity index (χ2v) is 4.84. The second-order valence-electron chi connectivity index (χ2n) is 3.87. The standard InChI is InChI=1S/C8H19NO2S/c1-7(2)5-9(12(10)11)6-8(3)4/h7-8H,5-6H2,1-4H3,(H,10,11). The van der Waals surface area contributed by atoms with Crippen LogP contribution in [0.5, 0.6) is 0 Å². The lowest BCUT2D eigenvalue weighted by Crippen LogP contribution is -2.32. The van der Waals surface area contributed by atoms with Crippen LogP contribution in [0.1, 0.15) is 27.7 Å². The van der Waals surface area contributed by atoms with Gasteiger partial charge in [-0.1, -0.05) is 27.7 Å². The topological polar surface area (TPSA) is 40.5 Å². The summed E-state index contributed by atoms with van der Waals surface area (Å²) in [7, 11) is 0. The van der Waals surface area contributed by atoms with Crippen LogP contribution in [0.4, 0.5) is 0 Å². The molecule has 0 aliphatic rings. The molecule has 0 aromatic carbocycles. The first-order valence-electron chi connectivity index (χ1n) is 4.29. The molecule has 0 aliphatic heterocycles. The van der Waals surface area contributed by atoms with E-state index in [0.29, 0.717) is 24.9 Å². The molecule has 0 radical (unpaired) electrons. The van der Waals surface area contributed by atoms with Gasteiger partial charge in [0.25, 0.3) is 0 Å². The van der Waals surface area contributed by atoms with Crippen molar-refractivity contribution in [3.8, 4) is 0 Å². The van der Waals surface area contributed by atoms with E-state index in [4.69, 9.17) is 4.55 Å². The van der Waals surface area contributed by atoms with Gasteiger partial charge < -0.3 is 0 Å². The quantitative estimate of drug-likeness (QED) is 0.676. The van der Waals surface area contributed by atoms with Crippen molar-refractivity contribution in [2.24, 2.45) is 11.8 Å². The first-order chi connectivity index (χ1) is 5.43. The fourth-order valence-electron chi connectivity index (χ4n) is 1.02. The van der Waals surface area contributed by atoms with Gasteiger partial charge in [0.2, 0.25) is 11.3 Å². The average Bonchev–Trinajstić information content (AvgIpc) is 1.83. The van der Waals surface area contributed by atoms with Gasteiger partial charge in [-0.25, -0.2) is 8.51 Å². The molecule has 1 unspecified atom stereocenters. The summed E-state index contributed by atoms with van der Waals surface area (Å²) in [5, 5.41) is 0. The number of hydrogen-bond acceptors (Lipinski definition) is 1. The summed E-state index contributed by atoms with van der Waals surface area (Å²) in [6.07, 6.45) is 0. The number of rotatable bonds is 5. The maximum atomic E-state index is 10.8. The van der Waals surface area contributed by atoms with Crippen molar-refractivity contribution in [3.63, 3.8) is 0 Å². The van der Waals surface area contributed by atoms with E-state index in [9.17, 15) is 4.21 Å². The Labute approximate surface area is 77.6 Å². The predicted octanol–water partition coefficient (Wildman–Crippen LogP) is 1.74. The highest BCUT2D eigenvalue weighted by Gasteiger charge is 2.13. The number of hydrogen-bond donors (Lipinski definition) is 1. The molecule has 0 aromatic heterocycles. The Hall–Kier alpha value is 0.0700. The fraction of sp³-hybridized carbons (Fsp3) is 1.00. The molecule has 0 saturated carbocycles. The summed E-state index contributed by atoms with van der Waals surface area (Å²) in [5.74, 6) is 0.861. The highest BCUT2D eigenvalue weighted by molar-refractivity contribution is 7.76. The zero-order chi connectivity index (χ0) is 9.72. The minimum absolute atomic E-state index is 0.430. The third-order valence-electron chi connectivity index (χ3n) is 1.36. The smallest absolute Gasteiger partial charge is 0.234 e. The maximum absolute atomic E-state index is 10.8. The fourth-order valence-corrected chi connectivity index (χ4v) is 1.87. The summed E-state index contributed by atoms with van der Waals surface area (Å²) in [6.45, 7) is 9.53. The van der Waals surface area contributed by atoms with Crippen molar-refractivity contribution in [2.75, 3.05) is 13.1 Å². The summed E-state index contributed by atoms with van der Waals surface area (Å²) in [6, 6.07) is 0. The molecule has 0 saturated heterocycles. The van der Waals surface area contributed by atoms with E-state index < -0.39 is 11.3 Å². The SMILES string of the molecule is CC(C)CN(CC(C)C)S(=O)O. The Kier molecular flexibility index (Phi) is 5.70. The van der Waals surface area contributed by atoms with E-state index in [1.165, 1.54) is 0 Å². The molecule has 12 heavy (non-hydrogen) atoms. The Morgan fingerprint density at radius 3 is 1.67 bits per heavy atom. The van der Waals surface area contributed by atoms with E-state index in [-0.39, 0.29) is 0 Å². The van der Waals surface area contributed by atoms with Gasteiger partial charge in [-0.3, -0.25) is 4.55 Å². The third-order valence-corrected chi connectivity index (χ3v) is 2.10. The lowest BCUT2D eigenvalue weighted by molar-refractivity contribution is 0.326. The Morgan fingerprint density at radius 1 is 1.17 bits per heavy atom. The molecule has 1 atom stereocenters. The van der Waals surface area contributed by atoms with Crippen LogP contribution in [-0.4, -0.2) is 26.2 Å². The molecule has 74 valence electrons. The molecule has 0 spiro atoms. The zero-order valence-electron chi connectivity index (χ0n) is 8.28. The van der Waals surface area contributed by atoms with Crippen molar-refractivity contribution >= 4 is 11.3 Å². The van der Waals surface area contributed by atoms with Crippen LogP contribution in [0.15, 0.2) is 0 Å². The molecule has 0 rings (SSSR count). The first-order valence-corrected chi connectivity index (χ1v) is 5.35. The van der Waals surface area contributed by atoms with E-state index >= 15 is 0 Å². The largest absolute Gasteiger partial charge is 0.294 e. The van der Waals surface area contributed by atoms with Gasteiger partial charge in [0, 0.05) is 13.1 Å². The second kappa shape index (κ2) is 5.67. The van der Waals surface area contributed by atoms with E-state index in [2.05, 4.69) is 0 Å². The van der Waals surface area contributed by atoms with Crippen LogP contribution in [0.2, 0.25) is 0 Å². The molecule has 0 amide bonds. The highest BCUT2D eigenvalue weighted by Crippen LogP contribution is 2.04. The lowest BCUT2D eigenvalue weighted by atomic mass is 10.2. The van der Waals surface area contributed by atoms with Crippen LogP contribution in [0, 0.1) is 11.8 Å². The maximum Gasteiger partial charge on any atom is 0.234 e. The lowest BCUT2D eigenvalue weighted by Gasteiger charge is -2.21. The molecule has 0 bridgehead atoms. The van der Waals surface area contributed by atoms with E-state index in [0.717, 1.165) is 0 Å². The predicted molar refractivity (Wildman–Crippen MR) is 52.0 cm³/mol.